The molecule has 2 heteroatoms. The quantitative estimate of drug-likeness (QED) is 0.760. The fraction of sp³-hybridized carbons (Fsp3) is 0.368. The van der Waals surface area contributed by atoms with E-state index in [9.17, 15) is 0 Å². The summed E-state index contributed by atoms with van der Waals surface area (Å²) in [7, 11) is 0. The second kappa shape index (κ2) is 7.28. The highest BCUT2D eigenvalue weighted by Gasteiger charge is 2.22. The highest BCUT2D eigenvalue weighted by molar-refractivity contribution is 5.48. The van der Waals surface area contributed by atoms with Crippen LogP contribution in [-0.2, 0) is 6.54 Å². The van der Waals surface area contributed by atoms with Crippen molar-refractivity contribution in [2.24, 2.45) is 0 Å². The van der Waals surface area contributed by atoms with Crippen molar-refractivity contribution in [3.63, 3.8) is 0 Å². The van der Waals surface area contributed by atoms with Gasteiger partial charge >= 0.3 is 0 Å². The zero-order valence-electron chi connectivity index (χ0n) is 12.4. The van der Waals surface area contributed by atoms with Crippen molar-refractivity contribution in [3.05, 3.63) is 66.1 Å². The Hall–Kier alpha value is -1.80. The molecule has 0 saturated heterocycles. The van der Waals surface area contributed by atoms with E-state index in [-0.39, 0.29) is 0 Å². The fourth-order valence-corrected chi connectivity index (χ4v) is 3.10. The third-order valence-electron chi connectivity index (χ3n) is 4.23. The number of hydrogen-bond donors (Lipinski definition) is 0. The van der Waals surface area contributed by atoms with E-state index in [4.69, 9.17) is 4.42 Å². The predicted octanol–water partition coefficient (Wildman–Crippen LogP) is 4.74. The summed E-state index contributed by atoms with van der Waals surface area (Å²) in [5, 5.41) is 0. The van der Waals surface area contributed by atoms with Gasteiger partial charge in [0, 0.05) is 12.6 Å². The number of rotatable bonds is 6. The van der Waals surface area contributed by atoms with Crippen molar-refractivity contribution in [3.8, 4) is 0 Å². The molecule has 3 rings (SSSR count). The summed E-state index contributed by atoms with van der Waals surface area (Å²) in [6.07, 6.45) is 11.6. The molecule has 0 bridgehead atoms. The van der Waals surface area contributed by atoms with Crippen molar-refractivity contribution in [2.45, 2.75) is 38.3 Å². The highest BCUT2D eigenvalue weighted by Crippen LogP contribution is 2.25. The van der Waals surface area contributed by atoms with Gasteiger partial charge in [0.2, 0.25) is 0 Å². The monoisotopic (exact) mass is 281 g/mol. The van der Waals surface area contributed by atoms with Crippen molar-refractivity contribution >= 4 is 6.08 Å². The second-order valence-corrected chi connectivity index (χ2v) is 5.76. The maximum atomic E-state index is 5.52. The van der Waals surface area contributed by atoms with Crippen LogP contribution in [0.1, 0.15) is 37.0 Å². The molecule has 1 heterocycles. The Labute approximate surface area is 127 Å². The molecule has 1 aromatic heterocycles. The highest BCUT2D eigenvalue weighted by atomic mass is 16.3. The van der Waals surface area contributed by atoms with Gasteiger partial charge in [-0.05, 0) is 30.5 Å². The lowest BCUT2D eigenvalue weighted by Gasteiger charge is -2.26. The average molecular weight is 281 g/mol. The van der Waals surface area contributed by atoms with Crippen LogP contribution in [-0.4, -0.2) is 17.5 Å². The smallest absolute Gasteiger partial charge is 0.117 e. The minimum atomic E-state index is 0.704. The Kier molecular flexibility index (Phi) is 4.90. The zero-order valence-corrected chi connectivity index (χ0v) is 12.4. The van der Waals surface area contributed by atoms with Crippen LogP contribution < -0.4 is 0 Å². The summed E-state index contributed by atoms with van der Waals surface area (Å²) in [5.41, 5.74) is 1.27. The van der Waals surface area contributed by atoms with Crippen molar-refractivity contribution in [2.75, 3.05) is 6.54 Å². The van der Waals surface area contributed by atoms with Gasteiger partial charge in [0.05, 0.1) is 12.8 Å². The summed E-state index contributed by atoms with van der Waals surface area (Å²) in [5.74, 6) is 1.06. The van der Waals surface area contributed by atoms with E-state index in [1.54, 1.807) is 6.26 Å². The Morgan fingerprint density at radius 1 is 1.05 bits per heavy atom. The van der Waals surface area contributed by atoms with Crippen LogP contribution in [0, 0.1) is 0 Å². The molecule has 0 aliphatic heterocycles. The third kappa shape index (κ3) is 4.08. The Bertz CT molecular complexity index is 538. The molecule has 0 atom stereocenters. The zero-order chi connectivity index (χ0) is 14.3. The first kappa shape index (κ1) is 14.2. The van der Waals surface area contributed by atoms with Gasteiger partial charge < -0.3 is 4.42 Å². The number of benzene rings is 1. The van der Waals surface area contributed by atoms with E-state index in [0.29, 0.717) is 6.04 Å². The first-order chi connectivity index (χ1) is 10.4. The molecule has 1 aliphatic carbocycles. The minimum absolute atomic E-state index is 0.704. The van der Waals surface area contributed by atoms with E-state index >= 15 is 0 Å². The Morgan fingerprint density at radius 2 is 1.86 bits per heavy atom. The molecule has 110 valence electrons. The van der Waals surface area contributed by atoms with E-state index in [1.165, 1.54) is 31.2 Å². The Balaban J connectivity index is 1.62. The van der Waals surface area contributed by atoms with E-state index < -0.39 is 0 Å². The van der Waals surface area contributed by atoms with Crippen LogP contribution in [0.25, 0.3) is 6.08 Å². The lowest BCUT2D eigenvalue weighted by atomic mass is 10.2. The molecular formula is C19H23NO. The van der Waals surface area contributed by atoms with Gasteiger partial charge in [-0.1, -0.05) is 55.3 Å². The van der Waals surface area contributed by atoms with Crippen LogP contribution in [0.15, 0.2) is 59.2 Å². The molecule has 0 unspecified atom stereocenters. The van der Waals surface area contributed by atoms with Crippen LogP contribution in [0.3, 0.4) is 0 Å². The number of nitrogens with zero attached hydrogens (tertiary/aromatic N) is 1. The van der Waals surface area contributed by atoms with Gasteiger partial charge in [0.1, 0.15) is 5.76 Å². The van der Waals surface area contributed by atoms with Gasteiger partial charge in [-0.25, -0.2) is 0 Å². The molecule has 0 N–H and O–H groups in total. The largest absolute Gasteiger partial charge is 0.468 e. The fourth-order valence-electron chi connectivity index (χ4n) is 3.10. The van der Waals surface area contributed by atoms with Crippen molar-refractivity contribution in [1.82, 2.24) is 4.90 Å². The van der Waals surface area contributed by atoms with Crippen molar-refractivity contribution < 1.29 is 4.42 Å². The van der Waals surface area contributed by atoms with Crippen LogP contribution in [0.2, 0.25) is 0 Å². The van der Waals surface area contributed by atoms with Crippen LogP contribution in [0.4, 0.5) is 0 Å². The number of furan rings is 1. The van der Waals surface area contributed by atoms with Gasteiger partial charge in [0.25, 0.3) is 0 Å². The summed E-state index contributed by atoms with van der Waals surface area (Å²) >= 11 is 0. The maximum absolute atomic E-state index is 5.52. The first-order valence-electron chi connectivity index (χ1n) is 7.90. The summed E-state index contributed by atoms with van der Waals surface area (Å²) in [4.78, 5) is 2.55. The Morgan fingerprint density at radius 3 is 2.57 bits per heavy atom. The van der Waals surface area contributed by atoms with Crippen LogP contribution >= 0.6 is 0 Å². The second-order valence-electron chi connectivity index (χ2n) is 5.76. The van der Waals surface area contributed by atoms with Crippen LogP contribution in [0.5, 0.6) is 0 Å². The van der Waals surface area contributed by atoms with E-state index in [0.717, 1.165) is 18.8 Å². The van der Waals surface area contributed by atoms with Gasteiger partial charge in [-0.15, -0.1) is 0 Å². The third-order valence-corrected chi connectivity index (χ3v) is 4.23. The molecule has 1 fully saturated rings. The molecule has 0 amide bonds. The molecule has 2 nitrogen and oxygen atoms in total. The van der Waals surface area contributed by atoms with E-state index in [1.807, 2.05) is 6.07 Å². The first-order valence-corrected chi connectivity index (χ1v) is 7.90. The molecular weight excluding hydrogens is 258 g/mol. The topological polar surface area (TPSA) is 16.4 Å². The lowest BCUT2D eigenvalue weighted by Crippen LogP contribution is -2.32. The van der Waals surface area contributed by atoms with Gasteiger partial charge in [0.15, 0.2) is 0 Å². The lowest BCUT2D eigenvalue weighted by molar-refractivity contribution is 0.196. The van der Waals surface area contributed by atoms with Crippen molar-refractivity contribution in [1.29, 1.82) is 0 Å². The molecule has 1 aliphatic rings. The number of hydrogen-bond acceptors (Lipinski definition) is 2. The SMILES string of the molecule is C(=C\c1ccccc1)/CN(Cc1ccco1)C1CCCC1. The average Bonchev–Trinajstić information content (AvgIpc) is 3.21. The molecule has 0 spiro atoms. The summed E-state index contributed by atoms with van der Waals surface area (Å²) in [6.45, 7) is 1.90. The predicted molar refractivity (Wildman–Crippen MR) is 86.9 cm³/mol. The minimum Gasteiger partial charge on any atom is -0.468 e. The normalized spacial score (nSPS) is 16.2. The molecule has 1 aromatic carbocycles. The standard InChI is InChI=1S/C19H23NO/c1-2-8-17(9-3-1)10-6-14-20(18-11-4-5-12-18)16-19-13-7-15-21-19/h1-3,6-10,13,15,18H,4-5,11-12,14,16H2/b10-6+. The molecule has 21 heavy (non-hydrogen) atoms. The summed E-state index contributed by atoms with van der Waals surface area (Å²) in [6, 6.07) is 15.3. The van der Waals surface area contributed by atoms with Gasteiger partial charge in [-0.3, -0.25) is 4.90 Å². The molecule has 1 saturated carbocycles. The maximum Gasteiger partial charge on any atom is 0.117 e. The molecule has 2 aromatic rings. The summed E-state index contributed by atoms with van der Waals surface area (Å²) < 4.78 is 5.52. The molecule has 0 radical (unpaired) electrons. The van der Waals surface area contributed by atoms with Gasteiger partial charge in [-0.2, -0.15) is 0 Å². The van der Waals surface area contributed by atoms with E-state index in [2.05, 4.69) is 53.5 Å².